The molecule has 0 saturated carbocycles. The van der Waals surface area contributed by atoms with E-state index in [0.717, 1.165) is 16.5 Å². The number of hydrogen-bond acceptors (Lipinski definition) is 2. The van der Waals surface area contributed by atoms with Gasteiger partial charge in [0.2, 0.25) is 0 Å². The Bertz CT molecular complexity index is 590. The molecule has 1 aromatic carbocycles. The molecule has 0 radical (unpaired) electrons. The summed E-state index contributed by atoms with van der Waals surface area (Å²) in [5, 5.41) is 1.10. The Morgan fingerprint density at radius 1 is 1.32 bits per heavy atom. The third-order valence-corrected chi connectivity index (χ3v) is 3.27. The van der Waals surface area contributed by atoms with E-state index in [1.54, 1.807) is 0 Å². The van der Waals surface area contributed by atoms with Gasteiger partial charge in [0.15, 0.2) is 0 Å². The molecule has 0 aliphatic heterocycles. The van der Waals surface area contributed by atoms with Crippen molar-refractivity contribution in [1.29, 1.82) is 0 Å². The van der Waals surface area contributed by atoms with Crippen LogP contribution in [0.5, 0.6) is 0 Å². The third kappa shape index (κ3) is 2.98. The fraction of sp³-hybridized carbons (Fsp3) is 0.438. The number of rotatable bonds is 3. The lowest BCUT2D eigenvalue weighted by atomic mass is 9.86. The van der Waals surface area contributed by atoms with Gasteiger partial charge in [-0.3, -0.25) is 4.79 Å². The highest BCUT2D eigenvalue weighted by molar-refractivity contribution is 5.87. The Balaban J connectivity index is 2.32. The zero-order valence-electron chi connectivity index (χ0n) is 12.0. The second-order valence-corrected chi connectivity index (χ2v) is 5.81. The minimum absolute atomic E-state index is 0.126. The Kier molecular flexibility index (Phi) is 3.65. The van der Waals surface area contributed by atoms with Gasteiger partial charge in [0, 0.05) is 17.1 Å². The molecule has 0 fully saturated rings. The highest BCUT2D eigenvalue weighted by Crippen LogP contribution is 2.27. The molecule has 1 N–H and O–H groups in total. The van der Waals surface area contributed by atoms with Crippen LogP contribution in [-0.2, 0) is 21.4 Å². The first-order valence-corrected chi connectivity index (χ1v) is 6.68. The van der Waals surface area contributed by atoms with Gasteiger partial charge in [-0.1, -0.05) is 32.9 Å². The highest BCUT2D eigenvalue weighted by atomic mass is 16.5. The summed E-state index contributed by atoms with van der Waals surface area (Å²) in [6, 6.07) is 6.37. The standard InChI is InChI=1S/C16H21NO2/c1-5-19-15(18)8-11-10-17-14-9-12(16(2,3)4)6-7-13(11)14/h6-7,9-10,17H,5,8H2,1-4H3. The molecule has 0 atom stereocenters. The van der Waals surface area contributed by atoms with E-state index < -0.39 is 0 Å². The van der Waals surface area contributed by atoms with E-state index in [0.29, 0.717) is 13.0 Å². The molecule has 3 nitrogen and oxygen atoms in total. The summed E-state index contributed by atoms with van der Waals surface area (Å²) in [5.41, 5.74) is 3.48. The lowest BCUT2D eigenvalue weighted by Crippen LogP contribution is -2.10. The van der Waals surface area contributed by atoms with Crippen LogP contribution in [0.3, 0.4) is 0 Å². The number of benzene rings is 1. The minimum Gasteiger partial charge on any atom is -0.466 e. The average Bonchev–Trinajstić information content (AvgIpc) is 2.71. The van der Waals surface area contributed by atoms with Gasteiger partial charge in [-0.25, -0.2) is 0 Å². The van der Waals surface area contributed by atoms with Crippen LogP contribution >= 0.6 is 0 Å². The zero-order valence-corrected chi connectivity index (χ0v) is 12.0. The number of H-pyrrole nitrogens is 1. The molecular formula is C16H21NO2. The molecule has 0 aliphatic rings. The molecule has 3 heteroatoms. The number of carbonyl (C=O) groups is 1. The number of aromatic nitrogens is 1. The molecule has 1 heterocycles. The third-order valence-electron chi connectivity index (χ3n) is 3.27. The van der Waals surface area contributed by atoms with E-state index in [-0.39, 0.29) is 11.4 Å². The van der Waals surface area contributed by atoms with Crippen LogP contribution in [0.15, 0.2) is 24.4 Å². The van der Waals surface area contributed by atoms with Crippen LogP contribution in [0, 0.1) is 0 Å². The molecule has 102 valence electrons. The summed E-state index contributed by atoms with van der Waals surface area (Å²) in [5.74, 6) is -0.178. The molecule has 0 spiro atoms. The number of aromatic amines is 1. The van der Waals surface area contributed by atoms with Gasteiger partial charge in [-0.05, 0) is 29.5 Å². The number of hydrogen-bond donors (Lipinski definition) is 1. The summed E-state index contributed by atoms with van der Waals surface area (Å²) >= 11 is 0. The van der Waals surface area contributed by atoms with Crippen LogP contribution in [0.2, 0.25) is 0 Å². The molecule has 0 amide bonds. The summed E-state index contributed by atoms with van der Waals surface area (Å²) in [6.07, 6.45) is 2.22. The van der Waals surface area contributed by atoms with Crippen molar-refractivity contribution in [3.63, 3.8) is 0 Å². The topological polar surface area (TPSA) is 42.1 Å². The quantitative estimate of drug-likeness (QED) is 0.856. The van der Waals surface area contributed by atoms with Crippen LogP contribution in [0.1, 0.15) is 38.8 Å². The molecular weight excluding hydrogens is 238 g/mol. The fourth-order valence-electron chi connectivity index (χ4n) is 2.17. The molecule has 1 aromatic heterocycles. The van der Waals surface area contributed by atoms with E-state index in [1.807, 2.05) is 13.1 Å². The molecule has 2 aromatic rings. The number of carbonyl (C=O) groups excluding carboxylic acids is 1. The van der Waals surface area contributed by atoms with Crippen molar-refractivity contribution in [3.8, 4) is 0 Å². The Labute approximate surface area is 114 Å². The van der Waals surface area contributed by atoms with Crippen LogP contribution in [0.25, 0.3) is 10.9 Å². The zero-order chi connectivity index (χ0) is 14.0. The minimum atomic E-state index is -0.178. The van der Waals surface area contributed by atoms with Crippen molar-refractivity contribution in [2.75, 3.05) is 6.61 Å². The van der Waals surface area contributed by atoms with Gasteiger partial charge in [-0.15, -0.1) is 0 Å². The lowest BCUT2D eigenvalue weighted by molar-refractivity contribution is -0.142. The Morgan fingerprint density at radius 2 is 2.05 bits per heavy atom. The van der Waals surface area contributed by atoms with Gasteiger partial charge in [0.25, 0.3) is 0 Å². The summed E-state index contributed by atoms with van der Waals surface area (Å²) in [6.45, 7) is 8.82. The Hall–Kier alpha value is -1.77. The fourth-order valence-corrected chi connectivity index (χ4v) is 2.17. The summed E-state index contributed by atoms with van der Waals surface area (Å²) in [4.78, 5) is 14.8. The van der Waals surface area contributed by atoms with E-state index in [1.165, 1.54) is 5.56 Å². The van der Waals surface area contributed by atoms with Crippen LogP contribution in [-0.4, -0.2) is 17.6 Å². The molecule has 0 saturated heterocycles. The number of fused-ring (bicyclic) bond motifs is 1. The van der Waals surface area contributed by atoms with Gasteiger partial charge in [0.05, 0.1) is 13.0 Å². The average molecular weight is 259 g/mol. The van der Waals surface area contributed by atoms with E-state index in [2.05, 4.69) is 44.0 Å². The second kappa shape index (κ2) is 5.08. The predicted octanol–water partition coefficient (Wildman–Crippen LogP) is 3.57. The lowest BCUT2D eigenvalue weighted by Gasteiger charge is -2.18. The van der Waals surface area contributed by atoms with Gasteiger partial charge in [-0.2, -0.15) is 0 Å². The maximum Gasteiger partial charge on any atom is 0.310 e. The van der Waals surface area contributed by atoms with Crippen molar-refractivity contribution < 1.29 is 9.53 Å². The first-order chi connectivity index (χ1) is 8.91. The van der Waals surface area contributed by atoms with Gasteiger partial charge < -0.3 is 9.72 Å². The van der Waals surface area contributed by atoms with Crippen molar-refractivity contribution in [3.05, 3.63) is 35.5 Å². The van der Waals surface area contributed by atoms with Crippen molar-refractivity contribution in [2.45, 2.75) is 39.5 Å². The number of nitrogens with one attached hydrogen (secondary N) is 1. The molecule has 19 heavy (non-hydrogen) atoms. The van der Waals surface area contributed by atoms with E-state index >= 15 is 0 Å². The van der Waals surface area contributed by atoms with Gasteiger partial charge in [0.1, 0.15) is 0 Å². The maximum atomic E-state index is 11.5. The predicted molar refractivity (Wildman–Crippen MR) is 77.3 cm³/mol. The number of ether oxygens (including phenoxy) is 1. The number of esters is 1. The smallest absolute Gasteiger partial charge is 0.310 e. The summed E-state index contributed by atoms with van der Waals surface area (Å²) < 4.78 is 4.99. The van der Waals surface area contributed by atoms with Crippen molar-refractivity contribution in [1.82, 2.24) is 4.98 Å². The van der Waals surface area contributed by atoms with E-state index in [4.69, 9.17) is 4.74 Å². The molecule has 0 unspecified atom stereocenters. The first kappa shape index (κ1) is 13.7. The molecule has 0 aliphatic carbocycles. The largest absolute Gasteiger partial charge is 0.466 e. The van der Waals surface area contributed by atoms with Crippen molar-refractivity contribution in [2.24, 2.45) is 0 Å². The van der Waals surface area contributed by atoms with Crippen molar-refractivity contribution >= 4 is 16.9 Å². The SMILES string of the molecule is CCOC(=O)Cc1c[nH]c2cc(C(C)(C)C)ccc12. The normalized spacial score (nSPS) is 11.8. The van der Waals surface area contributed by atoms with Crippen LogP contribution < -0.4 is 0 Å². The van der Waals surface area contributed by atoms with Gasteiger partial charge >= 0.3 is 5.97 Å². The first-order valence-electron chi connectivity index (χ1n) is 6.68. The summed E-state index contributed by atoms with van der Waals surface area (Å²) in [7, 11) is 0. The molecule has 2 rings (SSSR count). The monoisotopic (exact) mass is 259 g/mol. The second-order valence-electron chi connectivity index (χ2n) is 5.81. The highest BCUT2D eigenvalue weighted by Gasteiger charge is 2.15. The molecule has 0 bridgehead atoms. The van der Waals surface area contributed by atoms with E-state index in [9.17, 15) is 4.79 Å². The Morgan fingerprint density at radius 3 is 2.68 bits per heavy atom. The van der Waals surface area contributed by atoms with Crippen LogP contribution in [0.4, 0.5) is 0 Å². The maximum absolute atomic E-state index is 11.5.